The van der Waals surface area contributed by atoms with E-state index >= 15 is 0 Å². The van der Waals surface area contributed by atoms with E-state index in [4.69, 9.17) is 14.2 Å². The Morgan fingerprint density at radius 2 is 1.79 bits per heavy atom. The smallest absolute Gasteiger partial charge is 0.184 e. The lowest BCUT2D eigenvalue weighted by Gasteiger charge is -2.44. The van der Waals surface area contributed by atoms with E-state index in [2.05, 4.69) is 0 Å². The van der Waals surface area contributed by atoms with Gasteiger partial charge in [-0.2, -0.15) is 0 Å². The molecule has 0 saturated carbocycles. The van der Waals surface area contributed by atoms with E-state index in [1.165, 1.54) is 0 Å². The zero-order valence-electron chi connectivity index (χ0n) is 7.74. The van der Waals surface area contributed by atoms with Gasteiger partial charge in [-0.1, -0.05) is 0 Å². The Hall–Kier alpha value is -0.240. The zero-order chi connectivity index (χ0) is 10.3. The topological polar surface area (TPSA) is 88.4 Å². The lowest BCUT2D eigenvalue weighted by atomic mass is 9.98. The molecule has 0 bridgehead atoms. The maximum atomic E-state index is 9.59. The molecule has 2 aliphatic heterocycles. The molecular formula is C8H14O6. The molecule has 0 amide bonds. The highest BCUT2D eigenvalue weighted by Gasteiger charge is 2.47. The summed E-state index contributed by atoms with van der Waals surface area (Å²) in [6.07, 6.45) is -5.46. The highest BCUT2D eigenvalue weighted by Crippen LogP contribution is 2.27. The third kappa shape index (κ3) is 1.65. The van der Waals surface area contributed by atoms with Gasteiger partial charge in [0.2, 0.25) is 0 Å². The first-order valence-corrected chi connectivity index (χ1v) is 4.56. The second-order valence-corrected chi connectivity index (χ2v) is 3.55. The Morgan fingerprint density at radius 3 is 2.50 bits per heavy atom. The fourth-order valence-corrected chi connectivity index (χ4v) is 1.71. The summed E-state index contributed by atoms with van der Waals surface area (Å²) in [6, 6.07) is 0. The highest BCUT2D eigenvalue weighted by atomic mass is 16.7. The maximum Gasteiger partial charge on any atom is 0.184 e. The first-order valence-electron chi connectivity index (χ1n) is 4.56. The summed E-state index contributed by atoms with van der Waals surface area (Å²) in [7, 11) is 0. The van der Waals surface area contributed by atoms with Crippen molar-refractivity contribution >= 4 is 0 Å². The predicted octanol–water partition coefficient (Wildman–Crippen LogP) is -1.81. The van der Waals surface area contributed by atoms with Crippen molar-refractivity contribution in [1.82, 2.24) is 0 Å². The molecule has 6 atom stereocenters. The summed E-state index contributed by atoms with van der Waals surface area (Å²) >= 11 is 0. The van der Waals surface area contributed by atoms with Crippen LogP contribution in [0.2, 0.25) is 0 Å². The first kappa shape index (κ1) is 10.3. The Kier molecular flexibility index (Phi) is 2.74. The molecule has 2 rings (SSSR count). The normalized spacial score (nSPS) is 54.0. The first-order chi connectivity index (χ1) is 6.59. The Labute approximate surface area is 81.0 Å². The SMILES string of the molecule is CC1OC[C@H]2O[C@H](O)[C@@H](O)[C@H](O)[C@@H]2O1. The van der Waals surface area contributed by atoms with Crippen LogP contribution in [0.4, 0.5) is 0 Å². The maximum absolute atomic E-state index is 9.59. The molecule has 3 N–H and O–H groups in total. The van der Waals surface area contributed by atoms with E-state index in [-0.39, 0.29) is 6.61 Å². The van der Waals surface area contributed by atoms with Gasteiger partial charge in [0.1, 0.15) is 24.4 Å². The number of hydrogen-bond acceptors (Lipinski definition) is 6. The van der Waals surface area contributed by atoms with Crippen molar-refractivity contribution in [2.75, 3.05) is 6.61 Å². The average Bonchev–Trinajstić information content (AvgIpc) is 2.16. The van der Waals surface area contributed by atoms with Crippen LogP contribution in [-0.2, 0) is 14.2 Å². The summed E-state index contributed by atoms with van der Waals surface area (Å²) in [5.74, 6) is 0. The number of fused-ring (bicyclic) bond motifs is 1. The molecule has 82 valence electrons. The van der Waals surface area contributed by atoms with E-state index < -0.39 is 37.0 Å². The van der Waals surface area contributed by atoms with Crippen LogP contribution in [-0.4, -0.2) is 58.9 Å². The number of rotatable bonds is 0. The highest BCUT2D eigenvalue weighted by molar-refractivity contribution is 4.91. The molecule has 0 aliphatic carbocycles. The monoisotopic (exact) mass is 206 g/mol. The summed E-state index contributed by atoms with van der Waals surface area (Å²) < 4.78 is 15.4. The van der Waals surface area contributed by atoms with Crippen molar-refractivity contribution in [2.45, 2.75) is 43.9 Å². The molecule has 14 heavy (non-hydrogen) atoms. The molecule has 6 nitrogen and oxygen atoms in total. The lowest BCUT2D eigenvalue weighted by molar-refractivity contribution is -0.348. The number of ether oxygens (including phenoxy) is 3. The van der Waals surface area contributed by atoms with Crippen LogP contribution in [0.15, 0.2) is 0 Å². The van der Waals surface area contributed by atoms with E-state index in [0.717, 1.165) is 0 Å². The van der Waals surface area contributed by atoms with Crippen LogP contribution in [0.3, 0.4) is 0 Å². The minimum Gasteiger partial charge on any atom is -0.387 e. The van der Waals surface area contributed by atoms with Crippen LogP contribution >= 0.6 is 0 Å². The molecule has 0 aromatic rings. The van der Waals surface area contributed by atoms with E-state index in [9.17, 15) is 15.3 Å². The van der Waals surface area contributed by atoms with Gasteiger partial charge in [0.05, 0.1) is 6.61 Å². The third-order valence-electron chi connectivity index (χ3n) is 2.50. The van der Waals surface area contributed by atoms with Gasteiger partial charge in [-0.05, 0) is 6.92 Å². The molecule has 2 heterocycles. The summed E-state index contributed by atoms with van der Waals surface area (Å²) in [6.45, 7) is 1.94. The minimum atomic E-state index is -1.38. The number of aliphatic hydroxyl groups excluding tert-OH is 3. The molecule has 2 saturated heterocycles. The van der Waals surface area contributed by atoms with E-state index in [0.29, 0.717) is 0 Å². The van der Waals surface area contributed by atoms with Gasteiger partial charge in [-0.15, -0.1) is 0 Å². The van der Waals surface area contributed by atoms with Crippen LogP contribution in [0, 0.1) is 0 Å². The van der Waals surface area contributed by atoms with Gasteiger partial charge in [0.15, 0.2) is 12.6 Å². The summed E-state index contributed by atoms with van der Waals surface area (Å²) in [5, 5.41) is 28.1. The number of aliphatic hydroxyl groups is 3. The molecule has 6 heteroatoms. The van der Waals surface area contributed by atoms with Gasteiger partial charge in [-0.3, -0.25) is 0 Å². The van der Waals surface area contributed by atoms with Crippen molar-refractivity contribution in [3.05, 3.63) is 0 Å². The van der Waals surface area contributed by atoms with Crippen molar-refractivity contribution < 1.29 is 29.5 Å². The van der Waals surface area contributed by atoms with Gasteiger partial charge >= 0.3 is 0 Å². The lowest BCUT2D eigenvalue weighted by Crippen LogP contribution is -2.62. The second kappa shape index (κ2) is 3.73. The molecular weight excluding hydrogens is 192 g/mol. The summed E-state index contributed by atoms with van der Waals surface area (Å²) in [4.78, 5) is 0. The van der Waals surface area contributed by atoms with Crippen molar-refractivity contribution in [3.8, 4) is 0 Å². The molecule has 2 aliphatic rings. The zero-order valence-corrected chi connectivity index (χ0v) is 7.74. The van der Waals surface area contributed by atoms with E-state index in [1.54, 1.807) is 6.92 Å². The minimum absolute atomic E-state index is 0.243. The predicted molar refractivity (Wildman–Crippen MR) is 43.2 cm³/mol. The third-order valence-corrected chi connectivity index (χ3v) is 2.50. The molecule has 2 fully saturated rings. The quantitative estimate of drug-likeness (QED) is 0.433. The molecule has 0 aromatic carbocycles. The Bertz CT molecular complexity index is 208. The molecule has 0 radical (unpaired) electrons. The Morgan fingerprint density at radius 1 is 1.07 bits per heavy atom. The van der Waals surface area contributed by atoms with Crippen LogP contribution in [0.5, 0.6) is 0 Å². The van der Waals surface area contributed by atoms with Gasteiger partial charge in [0, 0.05) is 0 Å². The van der Waals surface area contributed by atoms with Crippen LogP contribution < -0.4 is 0 Å². The van der Waals surface area contributed by atoms with Gasteiger partial charge in [0.25, 0.3) is 0 Å². The van der Waals surface area contributed by atoms with Gasteiger partial charge < -0.3 is 29.5 Å². The Balaban J connectivity index is 2.08. The summed E-state index contributed by atoms with van der Waals surface area (Å²) in [5.41, 5.74) is 0. The molecule has 0 aromatic heterocycles. The second-order valence-electron chi connectivity index (χ2n) is 3.55. The fraction of sp³-hybridized carbons (Fsp3) is 1.00. The van der Waals surface area contributed by atoms with E-state index in [1.807, 2.05) is 0 Å². The van der Waals surface area contributed by atoms with Crippen molar-refractivity contribution in [3.63, 3.8) is 0 Å². The largest absolute Gasteiger partial charge is 0.387 e. The van der Waals surface area contributed by atoms with Crippen molar-refractivity contribution in [1.29, 1.82) is 0 Å². The van der Waals surface area contributed by atoms with Crippen LogP contribution in [0.25, 0.3) is 0 Å². The molecule has 1 unspecified atom stereocenters. The average molecular weight is 206 g/mol. The number of hydrogen-bond donors (Lipinski definition) is 3. The fourth-order valence-electron chi connectivity index (χ4n) is 1.71. The van der Waals surface area contributed by atoms with Crippen LogP contribution in [0.1, 0.15) is 6.92 Å². The van der Waals surface area contributed by atoms with Crippen molar-refractivity contribution in [2.24, 2.45) is 0 Å². The standard InChI is InChI=1S/C8H14O6/c1-3-12-2-4-7(13-3)5(9)6(10)8(11)14-4/h3-11H,2H2,1H3/t3?,4-,5+,6+,7-,8+/m1/s1. The molecule has 0 spiro atoms. The van der Waals surface area contributed by atoms with Gasteiger partial charge in [-0.25, -0.2) is 0 Å².